The molecule has 3 aliphatic rings. The zero-order chi connectivity index (χ0) is 25.4. The molecular formula is C27H37ClO6. The summed E-state index contributed by atoms with van der Waals surface area (Å²) in [5.41, 5.74) is -1.04. The van der Waals surface area contributed by atoms with Gasteiger partial charge in [0.1, 0.15) is 22.8 Å². The van der Waals surface area contributed by atoms with E-state index in [1.807, 2.05) is 38.2 Å². The Kier molecular flexibility index (Phi) is 8.16. The smallest absolute Gasteiger partial charge is 0.316 e. The van der Waals surface area contributed by atoms with E-state index in [1.54, 1.807) is 27.0 Å². The van der Waals surface area contributed by atoms with Gasteiger partial charge in [-0.3, -0.25) is 9.59 Å². The number of ether oxygens (including phenoxy) is 2. The molecule has 0 aromatic heterocycles. The number of hydrogen-bond donors (Lipinski definition) is 2. The van der Waals surface area contributed by atoms with E-state index in [0.717, 1.165) is 0 Å². The summed E-state index contributed by atoms with van der Waals surface area (Å²) in [6.07, 6.45) is 11.1. The van der Waals surface area contributed by atoms with Crippen LogP contribution in [0.15, 0.2) is 47.2 Å². The summed E-state index contributed by atoms with van der Waals surface area (Å²) in [5.74, 6) is -3.69. The molecule has 2 aliphatic carbocycles. The minimum atomic E-state index is -1.08. The molecule has 0 bridgehead atoms. The molecule has 7 heteroatoms. The Balaban J connectivity index is 2.14. The topological polar surface area (TPSA) is 93.1 Å². The zero-order valence-electron chi connectivity index (χ0n) is 20.8. The molecule has 1 fully saturated rings. The van der Waals surface area contributed by atoms with Crippen molar-refractivity contribution < 1.29 is 29.3 Å². The zero-order valence-corrected chi connectivity index (χ0v) is 21.5. The third kappa shape index (κ3) is 5.05. The maximum atomic E-state index is 13.9. The van der Waals surface area contributed by atoms with Gasteiger partial charge >= 0.3 is 5.97 Å². The third-order valence-corrected chi connectivity index (χ3v) is 8.21. The van der Waals surface area contributed by atoms with Crippen LogP contribution in [-0.2, 0) is 19.1 Å². The number of methoxy groups -OCH3 is 1. The van der Waals surface area contributed by atoms with Crippen molar-refractivity contribution in [3.8, 4) is 0 Å². The number of allylic oxidation sites excluding steroid dienone is 6. The van der Waals surface area contributed by atoms with Crippen LogP contribution < -0.4 is 0 Å². The molecule has 34 heavy (non-hydrogen) atoms. The molecule has 0 radical (unpaired) electrons. The van der Waals surface area contributed by atoms with E-state index in [2.05, 4.69) is 6.08 Å². The Morgan fingerprint density at radius 2 is 1.74 bits per heavy atom. The van der Waals surface area contributed by atoms with E-state index in [-0.39, 0.29) is 34.6 Å². The number of carbonyl (C=O) groups excluding carboxylic acids is 2. The summed E-state index contributed by atoms with van der Waals surface area (Å²) in [5, 5.41) is 21.5. The highest BCUT2D eigenvalue weighted by molar-refractivity contribution is 6.43. The van der Waals surface area contributed by atoms with E-state index in [0.29, 0.717) is 6.42 Å². The number of ketones is 1. The molecule has 0 amide bonds. The number of aliphatic hydroxyl groups excluding tert-OH is 1. The van der Waals surface area contributed by atoms with Gasteiger partial charge < -0.3 is 19.7 Å². The van der Waals surface area contributed by atoms with Crippen LogP contribution in [0, 0.1) is 41.4 Å². The molecule has 188 valence electrons. The predicted octanol–water partition coefficient (Wildman–Crippen LogP) is 4.73. The molecule has 0 unspecified atom stereocenters. The number of hydrogen-bond acceptors (Lipinski definition) is 6. The summed E-state index contributed by atoms with van der Waals surface area (Å²) < 4.78 is 11.1. The van der Waals surface area contributed by atoms with Gasteiger partial charge in [-0.25, -0.2) is 0 Å². The van der Waals surface area contributed by atoms with E-state index >= 15 is 0 Å². The lowest BCUT2D eigenvalue weighted by Gasteiger charge is -2.53. The van der Waals surface area contributed by atoms with Gasteiger partial charge in [-0.15, -0.1) is 0 Å². The van der Waals surface area contributed by atoms with Gasteiger partial charge in [-0.05, 0) is 62.9 Å². The SMILES string of the molecule is CO[C@@H]1[C@@H](C)[C@H]2[C@@H]3C(=O)/C(Cl)=C(\O)[C@H](C)C(=O)O[C@@H](C)/C=C/C=C\[C@@H](C)[C@@H]3C=C[C@@H]2C[C@@]1(C)O. The van der Waals surface area contributed by atoms with Crippen LogP contribution in [0.4, 0.5) is 0 Å². The van der Waals surface area contributed by atoms with Crippen molar-refractivity contribution in [3.05, 3.63) is 47.2 Å². The molecule has 0 spiro atoms. The third-order valence-electron chi connectivity index (χ3n) is 7.83. The van der Waals surface area contributed by atoms with Crippen LogP contribution in [0.25, 0.3) is 0 Å². The normalized spacial score (nSPS) is 47.7. The van der Waals surface area contributed by atoms with Crippen molar-refractivity contribution >= 4 is 23.4 Å². The fourth-order valence-corrected chi connectivity index (χ4v) is 6.42. The maximum Gasteiger partial charge on any atom is 0.316 e. The van der Waals surface area contributed by atoms with Crippen LogP contribution in [0.5, 0.6) is 0 Å². The van der Waals surface area contributed by atoms with E-state index in [4.69, 9.17) is 21.1 Å². The minimum Gasteiger partial charge on any atom is -0.510 e. The van der Waals surface area contributed by atoms with Crippen LogP contribution in [0.3, 0.4) is 0 Å². The summed E-state index contributed by atoms with van der Waals surface area (Å²) in [6, 6.07) is 0. The van der Waals surface area contributed by atoms with Crippen molar-refractivity contribution in [1.82, 2.24) is 0 Å². The van der Waals surface area contributed by atoms with Crippen molar-refractivity contribution in [2.45, 2.75) is 58.8 Å². The number of cyclic esters (lactones) is 1. The van der Waals surface area contributed by atoms with E-state index in [9.17, 15) is 19.8 Å². The molecule has 10 atom stereocenters. The van der Waals surface area contributed by atoms with Crippen LogP contribution in [0.1, 0.15) is 41.0 Å². The Morgan fingerprint density at radius 3 is 2.38 bits per heavy atom. The number of esters is 1. The largest absolute Gasteiger partial charge is 0.510 e. The number of rotatable bonds is 1. The van der Waals surface area contributed by atoms with Crippen molar-refractivity contribution in [2.24, 2.45) is 41.4 Å². The Morgan fingerprint density at radius 1 is 1.09 bits per heavy atom. The van der Waals surface area contributed by atoms with Crippen molar-refractivity contribution in [1.29, 1.82) is 0 Å². The first-order valence-corrected chi connectivity index (χ1v) is 12.4. The highest BCUT2D eigenvalue weighted by Gasteiger charge is 2.55. The van der Waals surface area contributed by atoms with Gasteiger partial charge in [0, 0.05) is 13.0 Å². The molecule has 3 rings (SSSR count). The minimum absolute atomic E-state index is 0.00346. The Bertz CT molecular complexity index is 916. The first-order valence-electron chi connectivity index (χ1n) is 12.0. The Labute approximate surface area is 207 Å². The van der Waals surface area contributed by atoms with Gasteiger partial charge in [-0.1, -0.05) is 55.8 Å². The summed E-state index contributed by atoms with van der Waals surface area (Å²) in [4.78, 5) is 26.4. The van der Waals surface area contributed by atoms with Crippen LogP contribution in [0.2, 0.25) is 0 Å². The fourth-order valence-electron chi connectivity index (χ4n) is 6.13. The summed E-state index contributed by atoms with van der Waals surface area (Å²) in [7, 11) is 1.58. The van der Waals surface area contributed by atoms with Gasteiger partial charge in [0.2, 0.25) is 0 Å². The summed E-state index contributed by atoms with van der Waals surface area (Å²) >= 11 is 6.49. The van der Waals surface area contributed by atoms with Gasteiger partial charge in [0.25, 0.3) is 0 Å². The monoisotopic (exact) mass is 492 g/mol. The predicted molar refractivity (Wildman–Crippen MR) is 131 cm³/mol. The molecule has 0 aromatic carbocycles. The number of aliphatic hydroxyl groups is 2. The lowest BCUT2D eigenvalue weighted by atomic mass is 9.54. The first-order chi connectivity index (χ1) is 15.9. The molecule has 0 saturated heterocycles. The second-order valence-corrected chi connectivity index (χ2v) is 10.7. The molecule has 2 N–H and O–H groups in total. The Hall–Kier alpha value is -1.89. The first kappa shape index (κ1) is 26.7. The quantitative estimate of drug-likeness (QED) is 0.406. The highest BCUT2D eigenvalue weighted by Crippen LogP contribution is 2.52. The van der Waals surface area contributed by atoms with E-state index < -0.39 is 47.2 Å². The maximum absolute atomic E-state index is 13.9. The van der Waals surface area contributed by atoms with Crippen molar-refractivity contribution in [3.63, 3.8) is 0 Å². The number of fused-ring (bicyclic) bond motifs is 3. The van der Waals surface area contributed by atoms with E-state index in [1.165, 1.54) is 6.92 Å². The summed E-state index contributed by atoms with van der Waals surface area (Å²) in [6.45, 7) is 9.01. The van der Waals surface area contributed by atoms with Crippen molar-refractivity contribution in [2.75, 3.05) is 7.11 Å². The average molecular weight is 493 g/mol. The second kappa shape index (κ2) is 10.4. The lowest BCUT2D eigenvalue weighted by Crippen LogP contribution is -2.58. The highest BCUT2D eigenvalue weighted by atomic mass is 35.5. The fraction of sp³-hybridized carbons (Fsp3) is 0.630. The number of halogens is 1. The van der Waals surface area contributed by atoms with Gasteiger partial charge in [-0.2, -0.15) is 0 Å². The molecule has 6 nitrogen and oxygen atoms in total. The van der Waals surface area contributed by atoms with Crippen LogP contribution >= 0.6 is 11.6 Å². The molecular weight excluding hydrogens is 456 g/mol. The van der Waals surface area contributed by atoms with Crippen LogP contribution in [-0.4, -0.2) is 46.9 Å². The number of Topliss-reactive ketones (excluding diaryl/α,β-unsaturated/α-hetero) is 1. The number of carbonyl (C=O) groups is 2. The standard InChI is InChI=1S/C27H37ClO6/c1-14-9-7-8-10-15(2)34-26(31)17(4)23(29)22(28)24(30)21-19(14)12-11-18-13-27(5,32)25(33-6)16(3)20(18)21/h7-12,14-21,25,29,32H,13H2,1-6H3/b9-7-,10-8+,23-22+/t14-,15+,16+,17+,18-,19+,20-,21-,25-,27-/m1/s1. The molecule has 1 heterocycles. The second-order valence-electron chi connectivity index (χ2n) is 10.4. The molecule has 0 aromatic rings. The molecule has 1 aliphatic heterocycles. The van der Waals surface area contributed by atoms with Gasteiger partial charge in [0.15, 0.2) is 5.78 Å². The lowest BCUT2D eigenvalue weighted by molar-refractivity contribution is -0.169. The molecule has 1 saturated carbocycles. The van der Waals surface area contributed by atoms with Gasteiger partial charge in [0.05, 0.1) is 11.7 Å². The average Bonchev–Trinajstić information content (AvgIpc) is 2.78.